The summed E-state index contributed by atoms with van der Waals surface area (Å²) in [5, 5.41) is 121. The number of aliphatic hydroxyl groups is 11. The van der Waals surface area contributed by atoms with E-state index in [1.807, 2.05) is 6.08 Å². The van der Waals surface area contributed by atoms with Gasteiger partial charge in [0.25, 0.3) is 0 Å². The summed E-state index contributed by atoms with van der Waals surface area (Å²) < 4.78 is 34.5. The van der Waals surface area contributed by atoms with Crippen LogP contribution in [0.15, 0.2) is 122 Å². The predicted molar refractivity (Wildman–Crippen MR) is 452 cm³/mol. The van der Waals surface area contributed by atoms with E-state index in [9.17, 15) is 61.0 Å². The van der Waals surface area contributed by atoms with Crippen molar-refractivity contribution in [2.45, 2.75) is 433 Å². The third kappa shape index (κ3) is 49.4. The van der Waals surface area contributed by atoms with Gasteiger partial charge < -0.3 is 89.9 Å². The van der Waals surface area contributed by atoms with E-state index in [-0.39, 0.29) is 18.9 Å². The number of carbonyl (C=O) groups is 1. The molecule has 17 atom stereocenters. The Hall–Kier alpha value is -3.81. The first kappa shape index (κ1) is 102. The van der Waals surface area contributed by atoms with Crippen LogP contribution in [0.3, 0.4) is 0 Å². The minimum absolute atomic E-state index is 0.226. The van der Waals surface area contributed by atoms with Gasteiger partial charge in [-0.1, -0.05) is 341 Å². The maximum Gasteiger partial charge on any atom is 0.220 e. The number of allylic oxidation sites excluding steroid dienone is 19. The van der Waals surface area contributed by atoms with Crippen molar-refractivity contribution in [3.8, 4) is 0 Å². The van der Waals surface area contributed by atoms with Crippen LogP contribution >= 0.6 is 0 Å². The number of rotatable bonds is 71. The van der Waals surface area contributed by atoms with Crippen molar-refractivity contribution in [2.24, 2.45) is 0 Å². The molecule has 19 nitrogen and oxygen atoms in total. The molecular formula is C93H161NO18. The highest BCUT2D eigenvalue weighted by Gasteiger charge is 2.54. The van der Waals surface area contributed by atoms with E-state index in [1.165, 1.54) is 193 Å². The molecule has 3 aliphatic rings. The number of hydrogen-bond acceptors (Lipinski definition) is 18. The van der Waals surface area contributed by atoms with Crippen LogP contribution in [-0.4, -0.2) is 193 Å². The highest BCUT2D eigenvalue weighted by molar-refractivity contribution is 5.76. The van der Waals surface area contributed by atoms with Crippen LogP contribution in [0.5, 0.6) is 0 Å². The molecule has 3 rings (SSSR count). The fourth-order valence-corrected chi connectivity index (χ4v) is 14.4. The quantitative estimate of drug-likeness (QED) is 0.0199. The molecule has 0 aromatic rings. The summed E-state index contributed by atoms with van der Waals surface area (Å²) in [6.45, 7) is 1.63. The monoisotopic (exact) mass is 1580 g/mol. The Labute approximate surface area is 678 Å². The molecule has 0 aromatic heterocycles. The van der Waals surface area contributed by atoms with Crippen molar-refractivity contribution >= 4 is 5.91 Å². The molecule has 3 heterocycles. The fraction of sp³-hybridized carbons (Fsp3) is 0.774. The number of hydrogen-bond donors (Lipinski definition) is 12. The molecule has 3 aliphatic heterocycles. The number of carbonyl (C=O) groups excluding carboxylic acids is 1. The average Bonchev–Trinajstić information content (AvgIpc) is 0.781. The molecule has 1 amide bonds. The second-order valence-electron chi connectivity index (χ2n) is 31.3. The first-order valence-corrected chi connectivity index (χ1v) is 44.8. The van der Waals surface area contributed by atoms with E-state index >= 15 is 0 Å². The van der Waals surface area contributed by atoms with Crippen molar-refractivity contribution in [1.29, 1.82) is 0 Å². The molecule has 3 fully saturated rings. The summed E-state index contributed by atoms with van der Waals surface area (Å²) in [6, 6.07) is -1.01. The third-order valence-electron chi connectivity index (χ3n) is 21.5. The van der Waals surface area contributed by atoms with E-state index in [1.54, 1.807) is 6.08 Å². The molecule has 646 valence electrons. The molecule has 17 unspecified atom stereocenters. The van der Waals surface area contributed by atoms with Crippen molar-refractivity contribution in [3.05, 3.63) is 122 Å². The van der Waals surface area contributed by atoms with E-state index in [2.05, 4.69) is 129 Å². The Morgan fingerprint density at radius 3 is 1.00 bits per heavy atom. The Morgan fingerprint density at radius 1 is 0.330 bits per heavy atom. The van der Waals surface area contributed by atoms with Crippen LogP contribution in [0.2, 0.25) is 0 Å². The Balaban J connectivity index is 1.35. The van der Waals surface area contributed by atoms with Gasteiger partial charge in [0.15, 0.2) is 18.9 Å². The molecule has 3 saturated heterocycles. The molecule has 0 aliphatic carbocycles. The van der Waals surface area contributed by atoms with Gasteiger partial charge in [0.05, 0.1) is 38.6 Å². The van der Waals surface area contributed by atoms with E-state index in [0.717, 1.165) is 103 Å². The van der Waals surface area contributed by atoms with E-state index < -0.39 is 124 Å². The summed E-state index contributed by atoms with van der Waals surface area (Å²) >= 11 is 0. The molecule has 0 bridgehead atoms. The standard InChI is InChI=1S/C93H161NO18/c1-3-5-7-9-11-13-15-17-19-21-23-25-27-29-31-33-35-36-37-38-39-40-41-43-45-47-49-51-53-55-57-59-61-63-65-67-69-71-81(99)94-76(77(98)70-68-66-64-62-60-58-56-54-52-50-48-46-44-42-34-32-30-28-26-24-22-20-18-16-14-12-10-8-6-4-2)75-107-91-87(105)84(102)89(79(73-96)109-91)112-93-88(106)85(103)90(80(74-97)110-93)111-92-86(104)83(101)82(100)78(72-95)108-92/h5,7,11,13,17,19,23,25,29,31,35-36,38-39,52,54,60,62,68,70,76-80,82-93,95-98,100-106H,3-4,6,8-10,12,14-16,18,20-22,24,26-28,30,32-34,37,40-51,53,55-59,61,63-67,69,71-75H2,1-2H3,(H,94,99)/b7-5-,13-11-,19-17-,25-23-,31-29-,36-35-,39-38-,54-52+,62-60+,70-68+. The van der Waals surface area contributed by atoms with Crippen molar-refractivity contribution < 1.29 is 89.4 Å². The SMILES string of the molecule is CC/C=C\C/C=C\C/C=C\C/C=C\C/C=C\C/C=C\C/C=C\CCCCCCCCCCCCCCCCCC(=O)NC(COC1OC(CO)C(OC2OC(CO)C(OC3OC(CO)C(O)C(O)C3O)C(O)C2O)C(O)C1O)C(O)/C=C/CC/C=C/CC/C=C/CCCCCCCCCCCCCCCCCCCCCC. The predicted octanol–water partition coefficient (Wildman–Crippen LogP) is 17.0. The number of aliphatic hydroxyl groups excluding tert-OH is 11. The molecule has 12 N–H and O–H groups in total. The molecule has 0 saturated carbocycles. The van der Waals surface area contributed by atoms with Crippen LogP contribution in [0.1, 0.15) is 328 Å². The van der Waals surface area contributed by atoms with E-state index in [4.69, 9.17) is 28.4 Å². The Bertz CT molecular complexity index is 2500. The summed E-state index contributed by atoms with van der Waals surface area (Å²) in [4.78, 5) is 13.5. The molecule has 112 heavy (non-hydrogen) atoms. The maximum absolute atomic E-state index is 13.5. The zero-order valence-electron chi connectivity index (χ0n) is 69.6. The van der Waals surface area contributed by atoms with Gasteiger partial charge in [-0.05, 0) is 103 Å². The number of ether oxygens (including phenoxy) is 6. The molecule has 0 spiro atoms. The fourth-order valence-electron chi connectivity index (χ4n) is 14.4. The largest absolute Gasteiger partial charge is 0.394 e. The van der Waals surface area contributed by atoms with Crippen molar-refractivity contribution in [3.63, 3.8) is 0 Å². The summed E-state index contributed by atoms with van der Waals surface area (Å²) in [5.41, 5.74) is 0. The lowest BCUT2D eigenvalue weighted by atomic mass is 9.96. The summed E-state index contributed by atoms with van der Waals surface area (Å²) in [7, 11) is 0. The Morgan fingerprint density at radius 2 is 0.625 bits per heavy atom. The topological polar surface area (TPSA) is 307 Å². The van der Waals surface area contributed by atoms with Crippen LogP contribution in [0.25, 0.3) is 0 Å². The number of amides is 1. The van der Waals surface area contributed by atoms with Gasteiger partial charge in [0, 0.05) is 6.42 Å². The summed E-state index contributed by atoms with van der Waals surface area (Å²) in [5.74, 6) is -0.290. The van der Waals surface area contributed by atoms with Gasteiger partial charge >= 0.3 is 0 Å². The zero-order valence-corrected chi connectivity index (χ0v) is 69.6. The lowest BCUT2D eigenvalue weighted by Gasteiger charge is -2.48. The second-order valence-corrected chi connectivity index (χ2v) is 31.3. The van der Waals surface area contributed by atoms with Crippen LogP contribution in [0.4, 0.5) is 0 Å². The van der Waals surface area contributed by atoms with Gasteiger partial charge in [0.1, 0.15) is 73.2 Å². The van der Waals surface area contributed by atoms with Gasteiger partial charge in [-0.25, -0.2) is 0 Å². The first-order chi connectivity index (χ1) is 54.8. The van der Waals surface area contributed by atoms with Gasteiger partial charge in [-0.3, -0.25) is 4.79 Å². The molecular weight excluding hydrogens is 1420 g/mol. The highest BCUT2D eigenvalue weighted by atomic mass is 16.8. The summed E-state index contributed by atoms with van der Waals surface area (Å²) in [6.07, 6.45) is 74.9. The van der Waals surface area contributed by atoms with E-state index in [0.29, 0.717) is 12.8 Å². The average molecular weight is 1580 g/mol. The third-order valence-corrected chi connectivity index (χ3v) is 21.5. The number of nitrogens with one attached hydrogen (secondary N) is 1. The molecule has 19 heteroatoms. The minimum atomic E-state index is -1.99. The highest BCUT2D eigenvalue weighted by Crippen LogP contribution is 2.33. The normalized spacial score (nSPS) is 25.5. The maximum atomic E-state index is 13.5. The smallest absolute Gasteiger partial charge is 0.220 e. The molecule has 0 radical (unpaired) electrons. The van der Waals surface area contributed by atoms with Gasteiger partial charge in [-0.15, -0.1) is 0 Å². The molecule has 0 aromatic carbocycles. The van der Waals surface area contributed by atoms with Crippen LogP contribution in [0, 0.1) is 0 Å². The minimum Gasteiger partial charge on any atom is -0.394 e. The first-order valence-electron chi connectivity index (χ1n) is 44.8. The van der Waals surface area contributed by atoms with Crippen molar-refractivity contribution in [2.75, 3.05) is 26.4 Å². The zero-order chi connectivity index (χ0) is 81.0. The second kappa shape index (κ2) is 71.3. The lowest BCUT2D eigenvalue weighted by molar-refractivity contribution is -0.379. The lowest BCUT2D eigenvalue weighted by Crippen LogP contribution is -2.66. The Kier molecular flexibility index (Phi) is 65.2. The number of unbranched alkanes of at least 4 members (excludes halogenated alkanes) is 37. The van der Waals surface area contributed by atoms with Gasteiger partial charge in [-0.2, -0.15) is 0 Å². The van der Waals surface area contributed by atoms with Crippen LogP contribution in [-0.2, 0) is 33.2 Å². The van der Waals surface area contributed by atoms with Gasteiger partial charge in [0.2, 0.25) is 5.91 Å². The van der Waals surface area contributed by atoms with Crippen molar-refractivity contribution in [1.82, 2.24) is 5.32 Å². The van der Waals surface area contributed by atoms with Crippen LogP contribution < -0.4 is 5.32 Å².